The smallest absolute Gasteiger partial charge is 0.127 e. The highest BCUT2D eigenvalue weighted by Crippen LogP contribution is 2.20. The van der Waals surface area contributed by atoms with Crippen molar-refractivity contribution in [3.63, 3.8) is 0 Å². The van der Waals surface area contributed by atoms with Crippen LogP contribution in [0.5, 0.6) is 0 Å². The average Bonchev–Trinajstić information content (AvgIpc) is 2.28. The first-order chi connectivity index (χ1) is 7.56. The van der Waals surface area contributed by atoms with Crippen molar-refractivity contribution >= 4 is 18.4 Å². The second kappa shape index (κ2) is 6.08. The summed E-state index contributed by atoms with van der Waals surface area (Å²) in [5.74, 6) is 1.36. The summed E-state index contributed by atoms with van der Waals surface area (Å²) in [7, 11) is 3.79. The van der Waals surface area contributed by atoms with Crippen molar-refractivity contribution in [1.82, 2.24) is 4.98 Å². The molecule has 0 radical (unpaired) electrons. The zero-order chi connectivity index (χ0) is 12.1. The molecule has 16 heavy (non-hydrogen) atoms. The van der Waals surface area contributed by atoms with Crippen LogP contribution in [-0.2, 0) is 0 Å². The van der Waals surface area contributed by atoms with Crippen molar-refractivity contribution in [2.45, 2.75) is 18.6 Å². The Kier molecular flexibility index (Phi) is 5.05. The Labute approximate surface area is 101 Å². The Morgan fingerprint density at radius 1 is 1.38 bits per heavy atom. The van der Waals surface area contributed by atoms with Gasteiger partial charge in [-0.25, -0.2) is 4.98 Å². The van der Waals surface area contributed by atoms with E-state index in [-0.39, 0.29) is 0 Å². The molecule has 0 spiro atoms. The summed E-state index contributed by atoms with van der Waals surface area (Å²) >= 11 is 4.02. The summed E-state index contributed by atoms with van der Waals surface area (Å²) in [6.07, 6.45) is 0.363. The summed E-state index contributed by atoms with van der Waals surface area (Å²) in [6.45, 7) is 0. The molecule has 0 fully saturated rings. The molecule has 0 aliphatic heterocycles. The maximum atomic E-state index is 9.81. The molecule has 1 aromatic heterocycles. The summed E-state index contributed by atoms with van der Waals surface area (Å²) in [5.41, 5.74) is 0.625. The monoisotopic (exact) mass is 242 g/mol. The van der Waals surface area contributed by atoms with Crippen LogP contribution >= 0.6 is 12.6 Å². The van der Waals surface area contributed by atoms with E-state index in [1.807, 2.05) is 25.1 Å². The molecule has 1 heterocycles. The summed E-state index contributed by atoms with van der Waals surface area (Å²) < 4.78 is 0. The first kappa shape index (κ1) is 13.3. The lowest BCUT2D eigenvalue weighted by molar-refractivity contribution is 0.0170. The molecule has 1 aromatic rings. The van der Waals surface area contributed by atoms with Crippen molar-refractivity contribution in [2.24, 2.45) is 0 Å². The van der Waals surface area contributed by atoms with Gasteiger partial charge in [-0.15, -0.1) is 0 Å². The minimum atomic E-state index is -0.893. The molecule has 0 saturated heterocycles. The van der Waals surface area contributed by atoms with Gasteiger partial charge in [-0.2, -0.15) is 12.6 Å². The van der Waals surface area contributed by atoms with Gasteiger partial charge >= 0.3 is 0 Å². The van der Waals surface area contributed by atoms with Gasteiger partial charge in [0.25, 0.3) is 0 Å². The van der Waals surface area contributed by atoms with Crippen LogP contribution in [0.4, 0.5) is 5.82 Å². The van der Waals surface area contributed by atoms with E-state index in [0.29, 0.717) is 17.7 Å². The highest BCUT2D eigenvalue weighted by molar-refractivity contribution is 7.80. The Bertz CT molecular complexity index is 316. The molecule has 2 N–H and O–H groups in total. The van der Waals surface area contributed by atoms with E-state index in [1.54, 1.807) is 12.3 Å². The van der Waals surface area contributed by atoms with Crippen LogP contribution in [0, 0.1) is 0 Å². The van der Waals surface area contributed by atoms with Gasteiger partial charge in [0.05, 0.1) is 6.10 Å². The lowest BCUT2D eigenvalue weighted by Gasteiger charge is -2.18. The highest BCUT2D eigenvalue weighted by atomic mass is 32.1. The molecule has 1 rings (SSSR count). The van der Waals surface area contributed by atoms with Crippen LogP contribution in [0.2, 0.25) is 0 Å². The molecule has 0 aliphatic rings. The first-order valence-corrected chi connectivity index (χ1v) is 5.79. The summed E-state index contributed by atoms with van der Waals surface area (Å²) in [4.78, 5) is 6.05. The predicted molar refractivity (Wildman–Crippen MR) is 68.0 cm³/mol. The van der Waals surface area contributed by atoms with E-state index in [1.165, 1.54) is 0 Å². The number of aromatic nitrogens is 1. The second-order valence-corrected chi connectivity index (χ2v) is 4.32. The number of aliphatic hydroxyl groups is 2. The van der Waals surface area contributed by atoms with Crippen LogP contribution in [0.15, 0.2) is 18.3 Å². The van der Waals surface area contributed by atoms with E-state index in [2.05, 4.69) is 17.6 Å². The molecule has 2 atom stereocenters. The van der Waals surface area contributed by atoms with E-state index >= 15 is 0 Å². The molecule has 0 amide bonds. The van der Waals surface area contributed by atoms with Gasteiger partial charge in [-0.3, -0.25) is 0 Å². The van der Waals surface area contributed by atoms with Gasteiger partial charge in [-0.1, -0.05) is 6.07 Å². The second-order valence-electron chi connectivity index (χ2n) is 3.87. The average molecular weight is 242 g/mol. The summed E-state index contributed by atoms with van der Waals surface area (Å²) in [5, 5.41) is 19.4. The van der Waals surface area contributed by atoms with Crippen molar-refractivity contribution in [1.29, 1.82) is 0 Å². The largest absolute Gasteiger partial charge is 0.390 e. The van der Waals surface area contributed by atoms with E-state index in [9.17, 15) is 10.2 Å². The Morgan fingerprint density at radius 2 is 2.06 bits per heavy atom. The first-order valence-electron chi connectivity index (χ1n) is 5.16. The zero-order valence-corrected chi connectivity index (χ0v) is 10.4. The van der Waals surface area contributed by atoms with Crippen LogP contribution in [0.3, 0.4) is 0 Å². The fourth-order valence-electron chi connectivity index (χ4n) is 1.35. The maximum absolute atomic E-state index is 9.81. The fourth-order valence-corrected chi connectivity index (χ4v) is 1.61. The lowest BCUT2D eigenvalue weighted by atomic mass is 10.0. The highest BCUT2D eigenvalue weighted by Gasteiger charge is 2.17. The van der Waals surface area contributed by atoms with Crippen molar-refractivity contribution in [2.75, 3.05) is 24.7 Å². The summed E-state index contributed by atoms with van der Waals surface area (Å²) in [6, 6.07) is 3.58. The van der Waals surface area contributed by atoms with Gasteiger partial charge in [-0.05, 0) is 18.2 Å². The zero-order valence-electron chi connectivity index (χ0n) is 9.54. The Balaban J connectivity index is 2.73. The van der Waals surface area contributed by atoms with Gasteiger partial charge < -0.3 is 15.1 Å². The van der Waals surface area contributed by atoms with Gasteiger partial charge in [0, 0.05) is 25.9 Å². The number of pyridine rings is 1. The number of rotatable bonds is 5. The SMILES string of the molecule is CN(C)c1ccc(C(O)C(O)CCS)cn1. The van der Waals surface area contributed by atoms with E-state index < -0.39 is 12.2 Å². The third-order valence-corrected chi connectivity index (χ3v) is 2.62. The number of anilines is 1. The Morgan fingerprint density at radius 3 is 2.50 bits per heavy atom. The number of hydrogen-bond donors (Lipinski definition) is 3. The third kappa shape index (κ3) is 3.37. The fraction of sp³-hybridized carbons (Fsp3) is 0.545. The third-order valence-electron chi connectivity index (χ3n) is 2.36. The van der Waals surface area contributed by atoms with Crippen LogP contribution < -0.4 is 4.90 Å². The topological polar surface area (TPSA) is 56.6 Å². The molecule has 4 nitrogen and oxygen atoms in total. The van der Waals surface area contributed by atoms with Gasteiger partial charge in [0.2, 0.25) is 0 Å². The number of nitrogens with zero attached hydrogens (tertiary/aromatic N) is 2. The normalized spacial score (nSPS) is 14.6. The van der Waals surface area contributed by atoms with Crippen LogP contribution in [0.25, 0.3) is 0 Å². The minimum absolute atomic E-state index is 0.458. The maximum Gasteiger partial charge on any atom is 0.127 e. The predicted octanol–water partition coefficient (Wildman–Crippen LogP) is 0.862. The van der Waals surface area contributed by atoms with Crippen LogP contribution in [0.1, 0.15) is 18.1 Å². The number of thiol groups is 1. The minimum Gasteiger partial charge on any atom is -0.390 e. The Hall–Kier alpha value is -0.780. The molecular weight excluding hydrogens is 224 g/mol. The molecule has 90 valence electrons. The molecule has 0 aromatic carbocycles. The van der Waals surface area contributed by atoms with Gasteiger partial charge in [0.1, 0.15) is 11.9 Å². The lowest BCUT2D eigenvalue weighted by Crippen LogP contribution is -2.19. The molecule has 2 unspecified atom stereocenters. The molecule has 0 bridgehead atoms. The van der Waals surface area contributed by atoms with E-state index in [4.69, 9.17) is 0 Å². The van der Waals surface area contributed by atoms with Crippen molar-refractivity contribution in [3.8, 4) is 0 Å². The van der Waals surface area contributed by atoms with Crippen molar-refractivity contribution in [3.05, 3.63) is 23.9 Å². The number of hydrogen-bond acceptors (Lipinski definition) is 5. The van der Waals surface area contributed by atoms with Crippen LogP contribution in [-0.4, -0.2) is 41.1 Å². The van der Waals surface area contributed by atoms with Gasteiger partial charge in [0.15, 0.2) is 0 Å². The standard InChI is InChI=1S/C11H18N2O2S/c1-13(2)10-4-3-8(7-12-10)11(15)9(14)5-6-16/h3-4,7,9,11,14-16H,5-6H2,1-2H3. The number of aliphatic hydroxyl groups excluding tert-OH is 2. The molecule has 0 saturated carbocycles. The molecule has 5 heteroatoms. The van der Waals surface area contributed by atoms with E-state index in [0.717, 1.165) is 5.82 Å². The molecule has 0 aliphatic carbocycles. The molecular formula is C11H18N2O2S. The quantitative estimate of drug-likeness (QED) is 0.670. The van der Waals surface area contributed by atoms with Crippen molar-refractivity contribution < 1.29 is 10.2 Å².